The third-order valence-electron chi connectivity index (χ3n) is 3.38. The summed E-state index contributed by atoms with van der Waals surface area (Å²) in [5.41, 5.74) is 0.880. The van der Waals surface area contributed by atoms with Gasteiger partial charge in [0.2, 0.25) is 0 Å². The highest BCUT2D eigenvalue weighted by molar-refractivity contribution is 7.86. The van der Waals surface area contributed by atoms with Crippen LogP contribution >= 0.6 is 0 Å². The van der Waals surface area contributed by atoms with Crippen molar-refractivity contribution in [3.8, 4) is 0 Å². The minimum Gasteiger partial charge on any atom is -0.387 e. The number of aryl methyl sites for hydroxylation is 1. The van der Waals surface area contributed by atoms with E-state index in [2.05, 4.69) is 0 Å². The summed E-state index contributed by atoms with van der Waals surface area (Å²) in [4.78, 5) is -0.0652. The van der Waals surface area contributed by atoms with E-state index < -0.39 is 47.4 Å². The lowest BCUT2D eigenvalue weighted by Crippen LogP contribution is -2.58. The van der Waals surface area contributed by atoms with Gasteiger partial charge < -0.3 is 25.2 Å². The van der Waals surface area contributed by atoms with Crippen LogP contribution in [0, 0.1) is 6.92 Å². The smallest absolute Gasteiger partial charge is 0.297 e. The molecule has 0 amide bonds. The van der Waals surface area contributed by atoms with E-state index in [-0.39, 0.29) is 4.90 Å². The van der Waals surface area contributed by atoms with Crippen LogP contribution in [0.15, 0.2) is 29.2 Å². The van der Waals surface area contributed by atoms with Gasteiger partial charge in [0, 0.05) is 0 Å². The van der Waals surface area contributed by atoms with Crippen LogP contribution in [0.4, 0.5) is 0 Å². The Bertz CT molecular complexity index is 599. The van der Waals surface area contributed by atoms with E-state index in [9.17, 15) is 28.8 Å². The Hall–Kier alpha value is -1.07. The average molecular weight is 334 g/mol. The van der Waals surface area contributed by atoms with Crippen molar-refractivity contribution in [2.24, 2.45) is 0 Å². The molecule has 2 rings (SSSR count). The maximum absolute atomic E-state index is 12.0. The first-order chi connectivity index (χ1) is 10.2. The van der Waals surface area contributed by atoms with E-state index in [1.807, 2.05) is 0 Å². The van der Waals surface area contributed by atoms with Gasteiger partial charge in [-0.3, -0.25) is 4.18 Å². The molecule has 0 saturated carbocycles. The van der Waals surface area contributed by atoms with Gasteiger partial charge in [0.25, 0.3) is 10.1 Å². The van der Waals surface area contributed by atoms with Crippen LogP contribution in [0.3, 0.4) is 0 Å². The van der Waals surface area contributed by atoms with Gasteiger partial charge in [0.15, 0.2) is 6.29 Å². The molecule has 0 aromatic heterocycles. The monoisotopic (exact) mass is 334 g/mol. The van der Waals surface area contributed by atoms with Crippen LogP contribution in [-0.2, 0) is 19.0 Å². The van der Waals surface area contributed by atoms with Gasteiger partial charge in [0.05, 0.1) is 11.5 Å². The van der Waals surface area contributed by atoms with Crippen LogP contribution in [-0.4, -0.2) is 66.2 Å². The molecule has 8 nitrogen and oxygen atoms in total. The molecule has 0 radical (unpaired) electrons. The summed E-state index contributed by atoms with van der Waals surface area (Å²) >= 11 is 0. The van der Waals surface area contributed by atoms with Crippen LogP contribution < -0.4 is 0 Å². The van der Waals surface area contributed by atoms with E-state index in [0.29, 0.717) is 0 Å². The summed E-state index contributed by atoms with van der Waals surface area (Å²) in [7, 11) is -4.07. The van der Waals surface area contributed by atoms with Crippen molar-refractivity contribution in [1.29, 1.82) is 0 Å². The van der Waals surface area contributed by atoms with Gasteiger partial charge >= 0.3 is 0 Å². The first kappa shape index (κ1) is 17.3. The Morgan fingerprint density at radius 2 is 1.64 bits per heavy atom. The molecule has 22 heavy (non-hydrogen) atoms. The maximum Gasteiger partial charge on any atom is 0.297 e. The average Bonchev–Trinajstić information content (AvgIpc) is 2.48. The van der Waals surface area contributed by atoms with Gasteiger partial charge in [-0.15, -0.1) is 0 Å². The first-order valence-corrected chi connectivity index (χ1v) is 7.97. The highest BCUT2D eigenvalue weighted by Crippen LogP contribution is 2.21. The normalized spacial score (nSPS) is 32.9. The third-order valence-corrected chi connectivity index (χ3v) is 4.68. The molecular formula is C13H18O8S. The van der Waals surface area contributed by atoms with Gasteiger partial charge in [-0.2, -0.15) is 8.42 Å². The lowest BCUT2D eigenvalue weighted by Gasteiger charge is -2.37. The van der Waals surface area contributed by atoms with Crippen molar-refractivity contribution in [2.45, 2.75) is 42.5 Å². The molecule has 0 spiro atoms. The number of hydrogen-bond donors (Lipinski definition) is 4. The molecule has 124 valence electrons. The number of ether oxygens (including phenoxy) is 1. The number of aliphatic hydroxyl groups excluding tert-OH is 4. The van der Waals surface area contributed by atoms with Crippen LogP contribution in [0.2, 0.25) is 0 Å². The molecule has 4 N–H and O–H groups in total. The van der Waals surface area contributed by atoms with E-state index >= 15 is 0 Å². The fourth-order valence-electron chi connectivity index (χ4n) is 2.00. The molecule has 1 aliphatic heterocycles. The predicted molar refractivity (Wildman–Crippen MR) is 73.2 cm³/mol. The molecular weight excluding hydrogens is 316 g/mol. The highest BCUT2D eigenvalue weighted by Gasteiger charge is 2.43. The van der Waals surface area contributed by atoms with Crippen molar-refractivity contribution in [1.82, 2.24) is 0 Å². The molecule has 0 unspecified atom stereocenters. The van der Waals surface area contributed by atoms with Crippen LogP contribution in [0.5, 0.6) is 0 Å². The Labute approximate surface area is 127 Å². The number of aliphatic hydroxyl groups is 4. The van der Waals surface area contributed by atoms with E-state index in [1.165, 1.54) is 12.1 Å². The molecule has 1 aliphatic rings. The molecule has 1 heterocycles. The quantitative estimate of drug-likeness (QED) is 0.489. The summed E-state index contributed by atoms with van der Waals surface area (Å²) in [5.74, 6) is 0. The van der Waals surface area contributed by atoms with Gasteiger partial charge in [-0.25, -0.2) is 0 Å². The van der Waals surface area contributed by atoms with Crippen LogP contribution in [0.25, 0.3) is 0 Å². The van der Waals surface area contributed by atoms with Gasteiger partial charge in [-0.1, -0.05) is 17.7 Å². The van der Waals surface area contributed by atoms with Crippen LogP contribution in [0.1, 0.15) is 5.56 Å². The van der Waals surface area contributed by atoms with Crippen molar-refractivity contribution in [2.75, 3.05) is 6.61 Å². The minimum absolute atomic E-state index is 0.0652. The number of benzene rings is 1. The fourth-order valence-corrected chi connectivity index (χ4v) is 2.92. The Kier molecular flexibility index (Phi) is 5.17. The van der Waals surface area contributed by atoms with Gasteiger partial charge in [0.1, 0.15) is 24.4 Å². The molecule has 9 heteroatoms. The topological polar surface area (TPSA) is 134 Å². The van der Waals surface area contributed by atoms with Gasteiger partial charge in [-0.05, 0) is 19.1 Å². The second-order valence-corrected chi connectivity index (χ2v) is 6.70. The Morgan fingerprint density at radius 1 is 1.05 bits per heavy atom. The van der Waals surface area contributed by atoms with E-state index in [4.69, 9.17) is 8.92 Å². The summed E-state index contributed by atoms with van der Waals surface area (Å²) < 4.78 is 33.6. The molecule has 5 atom stereocenters. The summed E-state index contributed by atoms with van der Waals surface area (Å²) in [6.45, 7) is 1.19. The lowest BCUT2D eigenvalue weighted by molar-refractivity contribution is -0.285. The number of rotatable bonds is 4. The zero-order valence-electron chi connectivity index (χ0n) is 11.7. The molecule has 1 aromatic carbocycles. The van der Waals surface area contributed by atoms with E-state index in [0.717, 1.165) is 5.56 Å². The maximum atomic E-state index is 12.0. The minimum atomic E-state index is -4.07. The lowest BCUT2D eigenvalue weighted by atomic mass is 10.00. The van der Waals surface area contributed by atoms with Crippen molar-refractivity contribution < 1.29 is 37.8 Å². The first-order valence-electron chi connectivity index (χ1n) is 6.56. The van der Waals surface area contributed by atoms with Crippen molar-refractivity contribution in [3.63, 3.8) is 0 Å². The predicted octanol–water partition coefficient (Wildman–Crippen LogP) is -1.50. The zero-order valence-corrected chi connectivity index (χ0v) is 12.5. The Morgan fingerprint density at radius 3 is 2.23 bits per heavy atom. The summed E-state index contributed by atoms with van der Waals surface area (Å²) in [5, 5.41) is 37.9. The molecule has 0 aliphatic carbocycles. The molecule has 1 fully saturated rings. The number of hydrogen-bond acceptors (Lipinski definition) is 8. The molecule has 0 bridgehead atoms. The van der Waals surface area contributed by atoms with Crippen molar-refractivity contribution in [3.05, 3.63) is 29.8 Å². The summed E-state index contributed by atoms with van der Waals surface area (Å²) in [6.07, 6.45) is -7.98. The zero-order chi connectivity index (χ0) is 16.5. The largest absolute Gasteiger partial charge is 0.387 e. The highest BCUT2D eigenvalue weighted by atomic mass is 32.2. The van der Waals surface area contributed by atoms with E-state index in [1.54, 1.807) is 19.1 Å². The molecule has 1 aromatic rings. The van der Waals surface area contributed by atoms with Crippen molar-refractivity contribution >= 4 is 10.1 Å². The SMILES string of the molecule is Cc1ccc(S(=O)(=O)OC[C@H]2O[C@H](O)[C@H](O)[C@@H](O)[C@H]2O)cc1. The fraction of sp³-hybridized carbons (Fsp3) is 0.538. The Balaban J connectivity index is 2.04. The third kappa shape index (κ3) is 3.63. The summed E-state index contributed by atoms with van der Waals surface area (Å²) in [6, 6.07) is 5.95. The second-order valence-electron chi connectivity index (χ2n) is 5.09. The standard InChI is InChI=1S/C13H18O8S/c1-7-2-4-8(5-3-7)22(18,19)20-6-9-10(14)11(15)12(16)13(17)21-9/h2-5,9-17H,6H2,1H3/t9-,10+,11+,12-,13+/m1/s1. The second kappa shape index (κ2) is 6.59. The molecule has 1 saturated heterocycles.